The monoisotopic (exact) mass is 421 g/mol. The highest BCUT2D eigenvalue weighted by molar-refractivity contribution is 6.38. The summed E-state index contributed by atoms with van der Waals surface area (Å²) in [4.78, 5) is 37.8. The lowest BCUT2D eigenvalue weighted by Crippen LogP contribution is -2.32. The molecule has 2 N–H and O–H groups in total. The van der Waals surface area contributed by atoms with E-state index in [0.717, 1.165) is 5.56 Å². The van der Waals surface area contributed by atoms with Crippen LogP contribution in [0, 0.1) is 0 Å². The molecular formula is C19H17Cl2N3O4. The van der Waals surface area contributed by atoms with Gasteiger partial charge in [0, 0.05) is 24.1 Å². The predicted octanol–water partition coefficient (Wildman–Crippen LogP) is 2.71. The third-order valence-electron chi connectivity index (χ3n) is 4.09. The number of amides is 1. The van der Waals surface area contributed by atoms with Crippen LogP contribution in [0.4, 0.5) is 0 Å². The van der Waals surface area contributed by atoms with Crippen LogP contribution in [0.1, 0.15) is 12.5 Å². The number of ether oxygens (including phenoxy) is 1. The molecule has 3 aromatic rings. The molecule has 1 heterocycles. The van der Waals surface area contributed by atoms with Gasteiger partial charge in [-0.1, -0.05) is 41.4 Å². The molecule has 0 fully saturated rings. The average molecular weight is 422 g/mol. The number of fused-ring (bicyclic) bond motifs is 1. The Hall–Kier alpha value is -2.77. The van der Waals surface area contributed by atoms with Gasteiger partial charge in [0.25, 0.3) is 5.56 Å². The van der Waals surface area contributed by atoms with Crippen LogP contribution in [0.25, 0.3) is 10.9 Å². The number of nitrogens with zero attached hydrogens (tertiary/aromatic N) is 1. The van der Waals surface area contributed by atoms with Crippen LogP contribution in [0.15, 0.2) is 46.0 Å². The number of halogens is 2. The molecular weight excluding hydrogens is 405 g/mol. The number of benzene rings is 2. The van der Waals surface area contributed by atoms with E-state index >= 15 is 0 Å². The lowest BCUT2D eigenvalue weighted by molar-refractivity contribution is -0.119. The molecule has 0 unspecified atom stereocenters. The first-order valence-corrected chi connectivity index (χ1v) is 9.19. The van der Waals surface area contributed by atoms with Gasteiger partial charge in [-0.25, -0.2) is 4.79 Å². The maximum atomic E-state index is 12.3. The Morgan fingerprint density at radius 2 is 1.96 bits per heavy atom. The molecule has 9 heteroatoms. The summed E-state index contributed by atoms with van der Waals surface area (Å²) in [6, 6.07) is 10.2. The van der Waals surface area contributed by atoms with Crippen molar-refractivity contribution in [3.63, 3.8) is 0 Å². The second kappa shape index (κ2) is 8.50. The van der Waals surface area contributed by atoms with Gasteiger partial charge < -0.3 is 10.1 Å². The zero-order valence-corrected chi connectivity index (χ0v) is 16.4. The van der Waals surface area contributed by atoms with Crippen molar-refractivity contribution in [2.75, 3.05) is 6.61 Å². The van der Waals surface area contributed by atoms with Gasteiger partial charge in [0.05, 0.1) is 22.5 Å². The Bertz CT molecular complexity index is 1150. The van der Waals surface area contributed by atoms with E-state index in [4.69, 9.17) is 27.9 Å². The van der Waals surface area contributed by atoms with Gasteiger partial charge in [0.1, 0.15) is 12.4 Å². The van der Waals surface area contributed by atoms with Gasteiger partial charge in [-0.3, -0.25) is 19.1 Å². The summed E-state index contributed by atoms with van der Waals surface area (Å²) in [5.74, 6) is 0.448. The predicted molar refractivity (Wildman–Crippen MR) is 108 cm³/mol. The molecule has 0 bridgehead atoms. The summed E-state index contributed by atoms with van der Waals surface area (Å²) in [6.45, 7) is 2.09. The molecule has 0 spiro atoms. The quantitative estimate of drug-likeness (QED) is 0.639. The molecule has 0 aliphatic rings. The molecule has 0 saturated heterocycles. The Labute approximate surface area is 169 Å². The van der Waals surface area contributed by atoms with Crippen molar-refractivity contribution in [2.24, 2.45) is 0 Å². The van der Waals surface area contributed by atoms with Gasteiger partial charge in [0.15, 0.2) is 0 Å². The summed E-state index contributed by atoms with van der Waals surface area (Å²) in [6.07, 6.45) is 0. The normalized spacial score (nSPS) is 10.8. The first-order valence-electron chi connectivity index (χ1n) is 8.44. The highest BCUT2D eigenvalue weighted by atomic mass is 35.5. The fraction of sp³-hybridized carbons (Fsp3) is 0.211. The number of para-hydroxylation sites is 1. The van der Waals surface area contributed by atoms with Crippen LogP contribution in [0.2, 0.25) is 10.0 Å². The lowest BCUT2D eigenvalue weighted by Gasteiger charge is -2.14. The number of nitrogens with one attached hydrogen (secondary N) is 2. The average Bonchev–Trinajstić information content (AvgIpc) is 2.62. The van der Waals surface area contributed by atoms with E-state index in [-0.39, 0.29) is 29.5 Å². The summed E-state index contributed by atoms with van der Waals surface area (Å²) >= 11 is 12.2. The van der Waals surface area contributed by atoms with E-state index in [1.807, 2.05) is 18.2 Å². The maximum absolute atomic E-state index is 12.3. The van der Waals surface area contributed by atoms with Gasteiger partial charge in [-0.05, 0) is 18.2 Å². The third kappa shape index (κ3) is 4.37. The van der Waals surface area contributed by atoms with Crippen molar-refractivity contribution in [1.82, 2.24) is 14.9 Å². The molecule has 0 aliphatic carbocycles. The molecule has 3 rings (SSSR count). The van der Waals surface area contributed by atoms with E-state index in [0.29, 0.717) is 22.8 Å². The van der Waals surface area contributed by atoms with E-state index in [1.165, 1.54) is 23.6 Å². The number of carbonyl (C=O) groups excluding carboxylic acids is 1. The van der Waals surface area contributed by atoms with Crippen LogP contribution in [-0.4, -0.2) is 22.1 Å². The number of aromatic amines is 1. The molecule has 146 valence electrons. The SMILES string of the molecule is CC(=O)NCc1ccccc1OCCn1c(=O)[nH]c(=O)c2c(Cl)cc(Cl)cc21. The van der Waals surface area contributed by atoms with E-state index in [2.05, 4.69) is 10.3 Å². The standard InChI is InChI=1S/C19H17Cl2N3O4/c1-11(25)22-10-12-4-2-3-5-16(12)28-7-6-24-15-9-13(20)8-14(21)17(15)18(26)23-19(24)27/h2-5,8-9H,6-7,10H2,1H3,(H,22,25)(H,23,26,27). The number of H-pyrrole nitrogens is 1. The molecule has 0 radical (unpaired) electrons. The van der Waals surface area contributed by atoms with Crippen LogP contribution < -0.4 is 21.3 Å². The molecule has 0 saturated carbocycles. The fourth-order valence-electron chi connectivity index (χ4n) is 2.81. The topological polar surface area (TPSA) is 93.2 Å². The van der Waals surface area contributed by atoms with Crippen LogP contribution >= 0.6 is 23.2 Å². The minimum Gasteiger partial charge on any atom is -0.491 e. The smallest absolute Gasteiger partial charge is 0.328 e. The van der Waals surface area contributed by atoms with E-state index in [9.17, 15) is 14.4 Å². The van der Waals surface area contributed by atoms with Crippen molar-refractivity contribution in [3.8, 4) is 5.75 Å². The molecule has 28 heavy (non-hydrogen) atoms. The number of hydrogen-bond donors (Lipinski definition) is 2. The fourth-order valence-corrected chi connectivity index (χ4v) is 3.38. The summed E-state index contributed by atoms with van der Waals surface area (Å²) in [7, 11) is 0. The molecule has 1 amide bonds. The maximum Gasteiger partial charge on any atom is 0.328 e. The van der Waals surface area contributed by atoms with Crippen LogP contribution in [0.5, 0.6) is 5.75 Å². The second-order valence-electron chi connectivity index (χ2n) is 6.06. The zero-order chi connectivity index (χ0) is 20.3. The number of rotatable bonds is 6. The molecule has 7 nitrogen and oxygen atoms in total. The summed E-state index contributed by atoms with van der Waals surface area (Å²) in [5.41, 5.74) is -0.00528. The van der Waals surface area contributed by atoms with Crippen molar-refractivity contribution >= 4 is 40.0 Å². The zero-order valence-electron chi connectivity index (χ0n) is 14.9. The minimum absolute atomic E-state index is 0.144. The molecule has 0 atom stereocenters. The van der Waals surface area contributed by atoms with Gasteiger partial charge in [-0.15, -0.1) is 0 Å². The van der Waals surface area contributed by atoms with Gasteiger partial charge in [-0.2, -0.15) is 0 Å². The van der Waals surface area contributed by atoms with Crippen LogP contribution in [-0.2, 0) is 17.9 Å². The number of hydrogen-bond acceptors (Lipinski definition) is 4. The summed E-state index contributed by atoms with van der Waals surface area (Å²) < 4.78 is 7.15. The van der Waals surface area contributed by atoms with Crippen molar-refractivity contribution < 1.29 is 9.53 Å². The van der Waals surface area contributed by atoms with Crippen molar-refractivity contribution in [2.45, 2.75) is 20.0 Å². The van der Waals surface area contributed by atoms with Gasteiger partial charge >= 0.3 is 5.69 Å². The second-order valence-corrected chi connectivity index (χ2v) is 6.90. The minimum atomic E-state index is -0.578. The first-order chi connectivity index (χ1) is 13.4. The van der Waals surface area contributed by atoms with Gasteiger partial charge in [0.2, 0.25) is 5.91 Å². The first kappa shape index (κ1) is 20.0. The van der Waals surface area contributed by atoms with Crippen LogP contribution in [0.3, 0.4) is 0 Å². The molecule has 2 aromatic carbocycles. The highest BCUT2D eigenvalue weighted by Gasteiger charge is 2.12. The Morgan fingerprint density at radius 3 is 2.71 bits per heavy atom. The summed E-state index contributed by atoms with van der Waals surface area (Å²) in [5, 5.41) is 3.39. The van der Waals surface area contributed by atoms with E-state index in [1.54, 1.807) is 6.07 Å². The molecule has 1 aromatic heterocycles. The Balaban J connectivity index is 1.85. The molecule has 0 aliphatic heterocycles. The van der Waals surface area contributed by atoms with Crippen molar-refractivity contribution in [1.29, 1.82) is 0 Å². The Morgan fingerprint density at radius 1 is 1.21 bits per heavy atom. The number of aromatic nitrogens is 2. The third-order valence-corrected chi connectivity index (χ3v) is 4.61. The number of carbonyl (C=O) groups is 1. The largest absolute Gasteiger partial charge is 0.491 e. The highest BCUT2D eigenvalue weighted by Crippen LogP contribution is 2.24. The Kier molecular flexibility index (Phi) is 6.06. The lowest BCUT2D eigenvalue weighted by atomic mass is 10.2. The van der Waals surface area contributed by atoms with Crippen molar-refractivity contribution in [3.05, 3.63) is 72.8 Å². The van der Waals surface area contributed by atoms with E-state index < -0.39 is 11.2 Å².